The van der Waals surface area contributed by atoms with E-state index in [4.69, 9.17) is 21.7 Å². The average Bonchev–Trinajstić information content (AvgIpc) is 3.17. The van der Waals surface area contributed by atoms with Crippen LogP contribution in [0.15, 0.2) is 58.1 Å². The van der Waals surface area contributed by atoms with Gasteiger partial charge in [0.05, 0.1) is 16.9 Å². The molecule has 1 aliphatic heterocycles. The van der Waals surface area contributed by atoms with Crippen molar-refractivity contribution in [3.63, 3.8) is 0 Å². The molecular formula is C17H11NO5S2. The fourth-order valence-corrected chi connectivity index (χ4v) is 3.41. The first-order valence-electron chi connectivity index (χ1n) is 7.02. The number of furan rings is 1. The molecule has 1 fully saturated rings. The first-order valence-corrected chi connectivity index (χ1v) is 8.24. The van der Waals surface area contributed by atoms with Crippen LogP contribution in [0.2, 0.25) is 0 Å². The number of rotatable bonds is 4. The van der Waals surface area contributed by atoms with E-state index in [0.717, 1.165) is 11.8 Å². The van der Waals surface area contributed by atoms with Crippen LogP contribution >= 0.6 is 24.0 Å². The van der Waals surface area contributed by atoms with Gasteiger partial charge >= 0.3 is 5.97 Å². The second-order valence-electron chi connectivity index (χ2n) is 4.92. The Labute approximate surface area is 152 Å². The van der Waals surface area contributed by atoms with Crippen molar-refractivity contribution in [2.75, 3.05) is 4.90 Å². The number of nitrogens with zero attached hydrogens (tertiary/aromatic N) is 1. The number of phenols is 1. The molecule has 2 heterocycles. The van der Waals surface area contributed by atoms with E-state index in [9.17, 15) is 14.7 Å². The monoisotopic (exact) mass is 373 g/mol. The van der Waals surface area contributed by atoms with E-state index in [1.807, 2.05) is 0 Å². The molecule has 6 nitrogen and oxygen atoms in total. The number of amides is 1. The number of thiocarbonyl (C=S) groups is 1. The number of hydrogen-bond acceptors (Lipinski definition) is 6. The predicted octanol–water partition coefficient (Wildman–Crippen LogP) is 3.65. The van der Waals surface area contributed by atoms with E-state index in [1.54, 1.807) is 36.6 Å². The molecule has 1 aliphatic rings. The highest BCUT2D eigenvalue weighted by molar-refractivity contribution is 8.27. The van der Waals surface area contributed by atoms with Gasteiger partial charge in [0.2, 0.25) is 0 Å². The van der Waals surface area contributed by atoms with E-state index in [2.05, 4.69) is 0 Å². The summed E-state index contributed by atoms with van der Waals surface area (Å²) in [6.45, 7) is 0. The first kappa shape index (κ1) is 17.0. The largest absolute Gasteiger partial charge is 0.507 e. The van der Waals surface area contributed by atoms with E-state index in [0.29, 0.717) is 10.7 Å². The van der Waals surface area contributed by atoms with Crippen molar-refractivity contribution >= 4 is 51.9 Å². The van der Waals surface area contributed by atoms with Crippen molar-refractivity contribution in [1.82, 2.24) is 0 Å². The molecule has 0 aliphatic carbocycles. The molecule has 3 rings (SSSR count). The lowest BCUT2D eigenvalue weighted by Gasteiger charge is -2.15. The number of carboxylic acid groups (broad SMARTS) is 1. The quantitative estimate of drug-likeness (QED) is 0.624. The summed E-state index contributed by atoms with van der Waals surface area (Å²) < 4.78 is 5.44. The molecule has 0 bridgehead atoms. The Morgan fingerprint density at radius 2 is 2.12 bits per heavy atom. The molecule has 0 radical (unpaired) electrons. The van der Waals surface area contributed by atoms with Gasteiger partial charge in [-0.1, -0.05) is 30.1 Å². The topological polar surface area (TPSA) is 91.0 Å². The van der Waals surface area contributed by atoms with E-state index < -0.39 is 5.97 Å². The van der Waals surface area contributed by atoms with Gasteiger partial charge in [-0.25, -0.2) is 4.79 Å². The lowest BCUT2D eigenvalue weighted by molar-refractivity contribution is -0.113. The molecule has 1 aromatic carbocycles. The SMILES string of the molecule is O=C(O)c1cc(N2C(=O)/C(=C/C=C/c3ccco3)SC2=S)ccc1O. The Kier molecular flexibility index (Phi) is 4.73. The zero-order valence-corrected chi connectivity index (χ0v) is 14.2. The summed E-state index contributed by atoms with van der Waals surface area (Å²) in [4.78, 5) is 25.3. The minimum absolute atomic E-state index is 0.282. The molecule has 0 atom stereocenters. The zero-order valence-electron chi connectivity index (χ0n) is 12.6. The molecule has 2 aromatic rings. The molecule has 1 aromatic heterocycles. The number of carbonyl (C=O) groups excluding carboxylic acids is 1. The molecule has 8 heteroatoms. The zero-order chi connectivity index (χ0) is 18.0. The van der Waals surface area contributed by atoms with Gasteiger partial charge < -0.3 is 14.6 Å². The van der Waals surface area contributed by atoms with E-state index in [-0.39, 0.29) is 27.2 Å². The summed E-state index contributed by atoms with van der Waals surface area (Å²) in [5.41, 5.74) is -0.00985. The minimum Gasteiger partial charge on any atom is -0.507 e. The number of carbonyl (C=O) groups is 2. The Balaban J connectivity index is 1.87. The van der Waals surface area contributed by atoms with Gasteiger partial charge in [-0.15, -0.1) is 0 Å². The van der Waals surface area contributed by atoms with Crippen LogP contribution in [0.5, 0.6) is 5.75 Å². The molecule has 0 spiro atoms. The number of aromatic carboxylic acids is 1. The predicted molar refractivity (Wildman–Crippen MR) is 98.6 cm³/mol. The number of hydrogen-bond donors (Lipinski definition) is 2. The molecular weight excluding hydrogens is 362 g/mol. The molecule has 126 valence electrons. The lowest BCUT2D eigenvalue weighted by atomic mass is 10.1. The second kappa shape index (κ2) is 6.96. The third kappa shape index (κ3) is 3.49. The normalized spacial score (nSPS) is 16.3. The van der Waals surface area contributed by atoms with Crippen molar-refractivity contribution in [2.24, 2.45) is 0 Å². The minimum atomic E-state index is -1.29. The highest BCUT2D eigenvalue weighted by atomic mass is 32.2. The number of allylic oxidation sites excluding steroid dienone is 2. The van der Waals surface area contributed by atoms with E-state index >= 15 is 0 Å². The summed E-state index contributed by atoms with van der Waals surface area (Å²) in [5, 5.41) is 18.7. The molecule has 0 saturated carbocycles. The Morgan fingerprint density at radius 1 is 1.32 bits per heavy atom. The van der Waals surface area contributed by atoms with Crippen LogP contribution in [0.25, 0.3) is 6.08 Å². The Morgan fingerprint density at radius 3 is 2.80 bits per heavy atom. The van der Waals surface area contributed by atoms with Crippen LogP contribution in [0.3, 0.4) is 0 Å². The van der Waals surface area contributed by atoms with E-state index in [1.165, 1.54) is 23.1 Å². The van der Waals surface area contributed by atoms with Crippen LogP contribution in [0, 0.1) is 0 Å². The summed E-state index contributed by atoms with van der Waals surface area (Å²) >= 11 is 6.33. The fraction of sp³-hybridized carbons (Fsp3) is 0. The summed E-state index contributed by atoms with van der Waals surface area (Å²) in [5.74, 6) is -1.38. The third-order valence-corrected chi connectivity index (χ3v) is 4.63. The van der Waals surface area contributed by atoms with Crippen molar-refractivity contribution in [1.29, 1.82) is 0 Å². The molecule has 1 saturated heterocycles. The number of benzene rings is 1. The van der Waals surface area contributed by atoms with Crippen LogP contribution in [-0.4, -0.2) is 26.4 Å². The van der Waals surface area contributed by atoms with Crippen molar-refractivity contribution in [2.45, 2.75) is 0 Å². The van der Waals surface area contributed by atoms with Crippen LogP contribution in [0.4, 0.5) is 5.69 Å². The van der Waals surface area contributed by atoms with Crippen LogP contribution in [-0.2, 0) is 4.79 Å². The highest BCUT2D eigenvalue weighted by Gasteiger charge is 2.33. The van der Waals surface area contributed by atoms with Crippen molar-refractivity contribution in [3.8, 4) is 5.75 Å². The maximum atomic E-state index is 12.6. The summed E-state index contributed by atoms with van der Waals surface area (Å²) in [6, 6.07) is 7.40. The molecule has 2 N–H and O–H groups in total. The standard InChI is InChI=1S/C17H11NO5S2/c19-13-7-6-10(9-12(13)16(21)22)18-15(20)14(25-17(18)24)5-1-3-11-4-2-8-23-11/h1-9,19H,(H,21,22)/b3-1+,14-5-. The molecule has 0 unspecified atom stereocenters. The number of anilines is 1. The van der Waals surface area contributed by atoms with Gasteiger partial charge in [-0.3, -0.25) is 9.69 Å². The van der Waals surface area contributed by atoms with Gasteiger partial charge in [0.1, 0.15) is 17.1 Å². The molecule has 25 heavy (non-hydrogen) atoms. The van der Waals surface area contributed by atoms with Crippen molar-refractivity contribution < 1.29 is 24.2 Å². The highest BCUT2D eigenvalue weighted by Crippen LogP contribution is 2.36. The maximum Gasteiger partial charge on any atom is 0.339 e. The summed E-state index contributed by atoms with van der Waals surface area (Å²) in [7, 11) is 0. The second-order valence-corrected chi connectivity index (χ2v) is 6.60. The first-order chi connectivity index (χ1) is 12.0. The van der Waals surface area contributed by atoms with Gasteiger partial charge in [-0.2, -0.15) is 0 Å². The number of aromatic hydroxyl groups is 1. The summed E-state index contributed by atoms with van der Waals surface area (Å²) in [6.07, 6.45) is 6.53. The number of carboxylic acids is 1. The maximum absolute atomic E-state index is 12.6. The average molecular weight is 373 g/mol. The number of thioether (sulfide) groups is 1. The fourth-order valence-electron chi connectivity index (χ4n) is 2.16. The smallest absolute Gasteiger partial charge is 0.339 e. The van der Waals surface area contributed by atoms with Crippen molar-refractivity contribution in [3.05, 3.63) is 65.0 Å². The van der Waals surface area contributed by atoms with Gasteiger partial charge in [0, 0.05) is 0 Å². The van der Waals surface area contributed by atoms with Gasteiger partial charge in [0.25, 0.3) is 5.91 Å². The van der Waals surface area contributed by atoms with Crippen LogP contribution in [0.1, 0.15) is 16.1 Å². The lowest BCUT2D eigenvalue weighted by Crippen LogP contribution is -2.27. The van der Waals surface area contributed by atoms with Crippen LogP contribution < -0.4 is 4.90 Å². The third-order valence-electron chi connectivity index (χ3n) is 3.31. The van der Waals surface area contributed by atoms with Gasteiger partial charge in [0.15, 0.2) is 4.32 Å². The molecule has 1 amide bonds. The Bertz CT molecular complexity index is 915. The van der Waals surface area contributed by atoms with Gasteiger partial charge in [-0.05, 0) is 42.5 Å². The Hall–Kier alpha value is -2.84.